The molecule has 0 fully saturated rings. The van der Waals surface area contributed by atoms with Crippen molar-refractivity contribution in [2.45, 2.75) is 12.5 Å². The molecule has 20 heavy (non-hydrogen) atoms. The van der Waals surface area contributed by atoms with E-state index < -0.39 is 5.54 Å². The molecular weight excluding hydrogens is 320 g/mol. The first-order valence-corrected chi connectivity index (χ1v) is 7.37. The number of Topliss-reactive ketones (excluding diaryl/α,β-unsaturated/α-hetero) is 1. The first kappa shape index (κ1) is 15.5. The Bertz CT molecular complexity index is 543. The Morgan fingerprint density at radius 1 is 1.30 bits per heavy atom. The van der Waals surface area contributed by atoms with Crippen molar-refractivity contribution in [3.63, 3.8) is 0 Å². The van der Waals surface area contributed by atoms with Crippen LogP contribution in [-0.2, 0) is 0 Å². The predicted molar refractivity (Wildman–Crippen MR) is 83.7 cm³/mol. The van der Waals surface area contributed by atoms with Crippen LogP contribution in [0.25, 0.3) is 0 Å². The molecule has 2 rings (SSSR count). The van der Waals surface area contributed by atoms with E-state index in [2.05, 4.69) is 15.9 Å². The molecule has 1 aromatic rings. The third-order valence-electron chi connectivity index (χ3n) is 3.74. The zero-order valence-corrected chi connectivity index (χ0v) is 14.2. The second-order valence-electron chi connectivity index (χ2n) is 5.91. The molecule has 0 aliphatic carbocycles. The normalized spacial score (nSPS) is 22.1. The Balaban J connectivity index is 2.53. The van der Waals surface area contributed by atoms with Gasteiger partial charge in [0, 0.05) is 6.54 Å². The molecule has 1 aliphatic rings. The summed E-state index contributed by atoms with van der Waals surface area (Å²) in [7, 11) is 7.81. The van der Waals surface area contributed by atoms with Crippen LogP contribution in [0, 0.1) is 6.92 Å². The molecule has 1 aliphatic heterocycles. The first-order valence-electron chi connectivity index (χ1n) is 6.58. The second kappa shape index (κ2) is 5.47. The van der Waals surface area contributed by atoms with E-state index in [0.717, 1.165) is 10.0 Å². The lowest BCUT2D eigenvalue weighted by atomic mass is 9.85. The van der Waals surface area contributed by atoms with Gasteiger partial charge in [0.05, 0.1) is 10.0 Å². The summed E-state index contributed by atoms with van der Waals surface area (Å²) in [6.07, 6.45) is 0. The lowest BCUT2D eigenvalue weighted by Crippen LogP contribution is -2.62. The maximum absolute atomic E-state index is 13.1. The van der Waals surface area contributed by atoms with Gasteiger partial charge in [0.1, 0.15) is 17.9 Å². The summed E-state index contributed by atoms with van der Waals surface area (Å²) in [5.41, 5.74) is 1.08. The monoisotopic (exact) mass is 340 g/mol. The van der Waals surface area contributed by atoms with Gasteiger partial charge in [0.2, 0.25) is 0 Å². The van der Waals surface area contributed by atoms with Crippen LogP contribution in [-0.4, -0.2) is 62.5 Å². The number of aryl methyl sites for hydroxylation is 1. The number of likely N-dealkylation sites (N-methyl/N-ethyl adjacent to an activating group) is 2. The fraction of sp³-hybridized carbons (Fsp3) is 0.533. The van der Waals surface area contributed by atoms with Gasteiger partial charge < -0.3 is 9.64 Å². The van der Waals surface area contributed by atoms with Gasteiger partial charge in [-0.2, -0.15) is 0 Å². The summed E-state index contributed by atoms with van der Waals surface area (Å²) in [6.45, 7) is 2.98. The third kappa shape index (κ3) is 2.50. The Morgan fingerprint density at radius 2 is 1.95 bits per heavy atom. The standard InChI is InChI=1S/C15H21BrN2O2/c1-10-6-11-13(12(16)7-10)20-9-15(14(11)19,18(4)5)8-17(2)3/h6-7H,8-9H2,1-5H3/t15-/m0/s1. The molecule has 110 valence electrons. The second-order valence-corrected chi connectivity index (χ2v) is 6.76. The first-order chi connectivity index (χ1) is 9.28. The Kier molecular flexibility index (Phi) is 4.23. The van der Waals surface area contributed by atoms with Gasteiger partial charge in [0.25, 0.3) is 0 Å². The van der Waals surface area contributed by atoms with E-state index in [4.69, 9.17) is 4.74 Å². The number of carbonyl (C=O) groups excluding carboxylic acids is 1. The molecule has 0 spiro atoms. The fourth-order valence-electron chi connectivity index (χ4n) is 2.67. The van der Waals surface area contributed by atoms with Gasteiger partial charge in [-0.3, -0.25) is 9.69 Å². The van der Waals surface area contributed by atoms with Crippen molar-refractivity contribution < 1.29 is 9.53 Å². The molecule has 0 aromatic heterocycles. The topological polar surface area (TPSA) is 32.8 Å². The molecule has 0 saturated heterocycles. The highest BCUT2D eigenvalue weighted by molar-refractivity contribution is 9.10. The van der Waals surface area contributed by atoms with Gasteiger partial charge in [-0.25, -0.2) is 0 Å². The summed E-state index contributed by atoms with van der Waals surface area (Å²) >= 11 is 3.48. The van der Waals surface area contributed by atoms with Crippen molar-refractivity contribution in [1.82, 2.24) is 9.80 Å². The van der Waals surface area contributed by atoms with Crippen LogP contribution < -0.4 is 4.74 Å². The lowest BCUT2D eigenvalue weighted by molar-refractivity contribution is 0.0333. The molecule has 1 heterocycles. The number of rotatable bonds is 3. The smallest absolute Gasteiger partial charge is 0.191 e. The SMILES string of the molecule is Cc1cc(Br)c2c(c1)C(=O)[C@@](CN(C)C)(N(C)C)CO2. The predicted octanol–water partition coefficient (Wildman–Crippen LogP) is 2.19. The maximum atomic E-state index is 13.1. The molecule has 5 heteroatoms. The zero-order valence-electron chi connectivity index (χ0n) is 12.7. The average Bonchev–Trinajstić information content (AvgIpc) is 2.32. The lowest BCUT2D eigenvalue weighted by Gasteiger charge is -2.43. The van der Waals surface area contributed by atoms with Crippen LogP contribution in [0.4, 0.5) is 0 Å². The summed E-state index contributed by atoms with van der Waals surface area (Å²) in [5.74, 6) is 0.790. The third-order valence-corrected chi connectivity index (χ3v) is 4.33. The van der Waals surface area contributed by atoms with E-state index in [1.807, 2.05) is 57.0 Å². The number of hydrogen-bond acceptors (Lipinski definition) is 4. The van der Waals surface area contributed by atoms with Crippen molar-refractivity contribution in [3.05, 3.63) is 27.7 Å². The van der Waals surface area contributed by atoms with E-state index in [-0.39, 0.29) is 5.78 Å². The molecule has 0 amide bonds. The van der Waals surface area contributed by atoms with Gasteiger partial charge in [0.15, 0.2) is 5.78 Å². The minimum absolute atomic E-state index is 0.127. The summed E-state index contributed by atoms with van der Waals surface area (Å²) in [6, 6.07) is 3.89. The van der Waals surface area contributed by atoms with Crippen molar-refractivity contribution in [3.8, 4) is 5.75 Å². The average molecular weight is 341 g/mol. The molecule has 0 unspecified atom stereocenters. The number of carbonyl (C=O) groups is 1. The molecule has 1 aromatic carbocycles. The highest BCUT2D eigenvalue weighted by Crippen LogP contribution is 2.38. The molecule has 0 bridgehead atoms. The van der Waals surface area contributed by atoms with Crippen LogP contribution >= 0.6 is 15.9 Å². The van der Waals surface area contributed by atoms with Gasteiger partial charge in [-0.05, 0) is 68.7 Å². The van der Waals surface area contributed by atoms with Gasteiger partial charge in [-0.15, -0.1) is 0 Å². The summed E-state index contributed by atoms with van der Waals surface area (Å²) < 4.78 is 6.77. The van der Waals surface area contributed by atoms with E-state index in [0.29, 0.717) is 24.5 Å². The van der Waals surface area contributed by atoms with Crippen LogP contribution in [0.15, 0.2) is 16.6 Å². The fourth-order valence-corrected chi connectivity index (χ4v) is 3.36. The molecular formula is C15H21BrN2O2. The van der Waals surface area contributed by atoms with Crippen molar-refractivity contribution >= 4 is 21.7 Å². The minimum Gasteiger partial charge on any atom is -0.489 e. The van der Waals surface area contributed by atoms with Gasteiger partial charge in [-0.1, -0.05) is 0 Å². The van der Waals surface area contributed by atoms with Crippen molar-refractivity contribution in [1.29, 1.82) is 0 Å². The molecule has 1 atom stereocenters. The van der Waals surface area contributed by atoms with Crippen LogP contribution in [0.3, 0.4) is 0 Å². The largest absolute Gasteiger partial charge is 0.489 e. The van der Waals surface area contributed by atoms with Gasteiger partial charge >= 0.3 is 0 Å². The molecule has 0 N–H and O–H groups in total. The minimum atomic E-state index is -0.635. The number of nitrogens with zero attached hydrogens (tertiary/aromatic N) is 2. The van der Waals surface area contributed by atoms with Crippen molar-refractivity contribution in [2.24, 2.45) is 0 Å². The van der Waals surface area contributed by atoms with Crippen molar-refractivity contribution in [2.75, 3.05) is 41.3 Å². The van der Waals surface area contributed by atoms with Crippen LogP contribution in [0.2, 0.25) is 0 Å². The number of halogens is 1. The zero-order chi connectivity index (χ0) is 15.1. The van der Waals surface area contributed by atoms with Crippen LogP contribution in [0.5, 0.6) is 5.75 Å². The Labute approximate surface area is 128 Å². The number of ketones is 1. The highest BCUT2D eigenvalue weighted by atomic mass is 79.9. The number of fused-ring (bicyclic) bond motifs is 1. The Morgan fingerprint density at radius 3 is 2.50 bits per heavy atom. The molecule has 0 radical (unpaired) electrons. The van der Waals surface area contributed by atoms with E-state index in [1.54, 1.807) is 0 Å². The summed E-state index contributed by atoms with van der Waals surface area (Å²) in [5, 5.41) is 0. The molecule has 0 saturated carbocycles. The highest BCUT2D eigenvalue weighted by Gasteiger charge is 2.47. The Hall–Kier alpha value is -0.910. The van der Waals surface area contributed by atoms with E-state index in [1.165, 1.54) is 0 Å². The number of benzene rings is 1. The number of hydrogen-bond donors (Lipinski definition) is 0. The maximum Gasteiger partial charge on any atom is 0.191 e. The molecule has 4 nitrogen and oxygen atoms in total. The quantitative estimate of drug-likeness (QED) is 0.844. The van der Waals surface area contributed by atoms with Crippen LogP contribution in [0.1, 0.15) is 15.9 Å². The summed E-state index contributed by atoms with van der Waals surface area (Å²) in [4.78, 5) is 17.0. The van der Waals surface area contributed by atoms with E-state index >= 15 is 0 Å². The number of ether oxygens (including phenoxy) is 1. The van der Waals surface area contributed by atoms with E-state index in [9.17, 15) is 4.79 Å².